The molecule has 10 unspecified atom stereocenters. The first-order chi connectivity index (χ1) is 45.0. The van der Waals surface area contributed by atoms with E-state index >= 15 is 0 Å². The monoisotopic (exact) mass is 1370 g/mol. The van der Waals surface area contributed by atoms with E-state index in [9.17, 15) is 59.6 Å². The minimum absolute atomic E-state index is 0.167. The van der Waals surface area contributed by atoms with Crippen molar-refractivity contribution in [2.75, 3.05) is 55.0 Å². The Morgan fingerprint density at radius 1 is 0.663 bits per heavy atom. The molecule has 0 aromatic heterocycles. The maximum atomic E-state index is 14.8. The number of aryl methyl sites for hydroxylation is 2. The number of nitrogens with zero attached hydrogens (tertiary/aromatic N) is 3. The number of allylic oxidation sites excluding steroid dienone is 5. The van der Waals surface area contributed by atoms with Gasteiger partial charge in [-0.25, -0.2) is 13.1 Å². The number of carbonyl (C=O) groups is 1. The third kappa shape index (κ3) is 18.5. The van der Waals surface area contributed by atoms with Crippen LogP contribution in [0, 0.1) is 19.8 Å². The zero-order chi connectivity index (χ0) is 69.3. The predicted molar refractivity (Wildman–Crippen MR) is 362 cm³/mol. The fourth-order valence-corrected chi connectivity index (χ4v) is 14.6. The lowest BCUT2D eigenvalue weighted by atomic mass is 9.86. The van der Waals surface area contributed by atoms with Crippen LogP contribution in [-0.2, 0) is 67.1 Å². The van der Waals surface area contributed by atoms with Crippen LogP contribution in [0.15, 0.2) is 149 Å². The second-order valence-electron chi connectivity index (χ2n) is 24.5. The van der Waals surface area contributed by atoms with Crippen molar-refractivity contribution in [3.8, 4) is 5.75 Å². The molecule has 0 saturated carbocycles. The van der Waals surface area contributed by atoms with Crippen LogP contribution in [0.3, 0.4) is 0 Å². The van der Waals surface area contributed by atoms with E-state index in [1.54, 1.807) is 62.4 Å². The molecule has 2 saturated heterocycles. The number of aliphatic hydroxyl groups is 4. The summed E-state index contributed by atoms with van der Waals surface area (Å²) >= 11 is 0. The topological polar surface area (TPSA) is 321 Å². The molecule has 8 N–H and O–H groups in total. The summed E-state index contributed by atoms with van der Waals surface area (Å²) in [5.41, 5.74) is 9.46. The van der Waals surface area contributed by atoms with Crippen LogP contribution < -0.4 is 24.6 Å². The summed E-state index contributed by atoms with van der Waals surface area (Å²) in [5.74, 6) is -0.723. The number of hydrogen-bond acceptors (Lipinski definition) is 18. The normalized spacial score (nSPS) is 22.5. The standard InChI is InChI=1S/C69H89N5O18S3/c1-11-72(38-47-16-14-18-55(36-47)94(82,83)84)52-26-30-57(44(8)34-52)61(58-31-27-53(35-45(58)9)73(12-2)39-48-17-15-19-56(37-48)95(85,86)87)49-20-22-50(23-21-49)74(51-24-28-54(29-25-51)88-13-3)32-33-93(80,81)71-63-65(79)67(89-43(6)7)60(41-76)91-69(63)92-68-59(40-75)90-66(42(4)5)62(64(68)78)70-46(10)77/h14-31,34-37,42-43,59-60,62-69,71,75-76,78-79H,11-13,32-33,38-41H2,1-10H3,(H2-,70,77,82,83,84,85,86,87)/p+1. The van der Waals surface area contributed by atoms with Gasteiger partial charge >= 0.3 is 0 Å². The van der Waals surface area contributed by atoms with Gasteiger partial charge in [0.25, 0.3) is 20.2 Å². The van der Waals surface area contributed by atoms with Gasteiger partial charge in [0.05, 0.1) is 47.9 Å². The number of nitrogens with one attached hydrogen (secondary N) is 2. The minimum atomic E-state index is -4.48. The molecule has 0 spiro atoms. The third-order valence-corrected chi connectivity index (χ3v) is 20.0. The fraction of sp³-hybridized carbons (Fsp3) is 0.449. The van der Waals surface area contributed by atoms with Gasteiger partial charge in [0.2, 0.25) is 27.3 Å². The summed E-state index contributed by atoms with van der Waals surface area (Å²) < 4.78 is 133. The predicted octanol–water partition coefficient (Wildman–Crippen LogP) is 6.79. The summed E-state index contributed by atoms with van der Waals surface area (Å²) in [6.45, 7) is 18.9. The number of carbonyl (C=O) groups excluding carboxylic acids is 1. The molecular formula is C69H90N5O18S3+. The van der Waals surface area contributed by atoms with E-state index in [1.165, 1.54) is 31.2 Å². The molecular weight excluding hydrogens is 1280 g/mol. The Labute approximate surface area is 557 Å². The van der Waals surface area contributed by atoms with Crippen LogP contribution in [-0.4, -0.2) is 183 Å². The molecule has 2 fully saturated rings. The smallest absolute Gasteiger partial charge is 0.294 e. The molecule has 2 heterocycles. The van der Waals surface area contributed by atoms with E-state index in [2.05, 4.69) is 32.0 Å². The molecule has 5 aromatic carbocycles. The number of sulfonamides is 1. The largest absolute Gasteiger partial charge is 0.494 e. The molecule has 10 atom stereocenters. The van der Waals surface area contributed by atoms with Crippen molar-refractivity contribution in [1.29, 1.82) is 0 Å². The van der Waals surface area contributed by atoms with Crippen molar-refractivity contribution in [2.24, 2.45) is 5.92 Å². The fourth-order valence-electron chi connectivity index (χ4n) is 12.3. The first-order valence-corrected chi connectivity index (χ1v) is 36.3. The highest BCUT2D eigenvalue weighted by atomic mass is 32.2. The number of anilines is 2. The Hall–Kier alpha value is -6.73. The molecule has 8 rings (SSSR count). The van der Waals surface area contributed by atoms with Crippen molar-refractivity contribution in [1.82, 2.24) is 10.0 Å². The Kier molecular flexibility index (Phi) is 25.0. The van der Waals surface area contributed by atoms with Gasteiger partial charge in [0.15, 0.2) is 12.8 Å². The van der Waals surface area contributed by atoms with Crippen LogP contribution in [0.4, 0.5) is 17.1 Å². The Morgan fingerprint density at radius 2 is 1.18 bits per heavy atom. The second kappa shape index (κ2) is 32.1. The molecule has 23 nitrogen and oxygen atoms in total. The molecule has 2 aliphatic heterocycles. The van der Waals surface area contributed by atoms with Gasteiger partial charge in [0, 0.05) is 68.8 Å². The van der Waals surface area contributed by atoms with Gasteiger partial charge in [-0.15, -0.1) is 0 Å². The lowest BCUT2D eigenvalue weighted by Gasteiger charge is -2.49. The molecule has 0 radical (unpaired) electrons. The molecule has 95 heavy (non-hydrogen) atoms. The average molecular weight is 1370 g/mol. The lowest BCUT2D eigenvalue weighted by molar-refractivity contribution is -0.433. The minimum Gasteiger partial charge on any atom is -0.494 e. The summed E-state index contributed by atoms with van der Waals surface area (Å²) in [7, 11) is -13.4. The first kappa shape index (κ1) is 74.1. The van der Waals surface area contributed by atoms with Crippen molar-refractivity contribution < 1.29 is 87.8 Å². The molecule has 26 heteroatoms. The summed E-state index contributed by atoms with van der Waals surface area (Å²) in [4.78, 5) is 16.2. The van der Waals surface area contributed by atoms with E-state index in [0.717, 1.165) is 44.8 Å². The van der Waals surface area contributed by atoms with E-state index in [1.807, 2.05) is 102 Å². The maximum Gasteiger partial charge on any atom is 0.294 e. The van der Waals surface area contributed by atoms with Crippen LogP contribution in [0.25, 0.3) is 5.57 Å². The number of rotatable bonds is 28. The average Bonchev–Trinajstić information content (AvgIpc) is 0.780. The Bertz CT molecular complexity index is 3840. The Balaban J connectivity index is 1.18. The highest BCUT2D eigenvalue weighted by Gasteiger charge is 2.53. The van der Waals surface area contributed by atoms with E-state index in [0.29, 0.717) is 61.1 Å². The van der Waals surface area contributed by atoms with Crippen molar-refractivity contribution in [3.63, 3.8) is 0 Å². The number of hydrogen-bond donors (Lipinski definition) is 8. The molecule has 0 bridgehead atoms. The summed E-state index contributed by atoms with van der Waals surface area (Å²) in [5, 5.41) is 48.0. The summed E-state index contributed by atoms with van der Waals surface area (Å²) in [6, 6.07) is 29.0. The van der Waals surface area contributed by atoms with Gasteiger partial charge in [-0.3, -0.25) is 13.9 Å². The van der Waals surface area contributed by atoms with Crippen molar-refractivity contribution >= 4 is 64.5 Å². The van der Waals surface area contributed by atoms with Crippen molar-refractivity contribution in [2.45, 2.75) is 159 Å². The highest BCUT2D eigenvalue weighted by molar-refractivity contribution is 7.89. The van der Waals surface area contributed by atoms with Crippen molar-refractivity contribution in [3.05, 3.63) is 172 Å². The lowest BCUT2D eigenvalue weighted by Crippen LogP contribution is -2.70. The van der Waals surface area contributed by atoms with Crippen LogP contribution in [0.2, 0.25) is 0 Å². The number of ether oxygens (including phenoxy) is 5. The molecule has 516 valence electrons. The molecule has 1 aliphatic carbocycles. The molecule has 5 aromatic rings. The van der Waals surface area contributed by atoms with Gasteiger partial charge < -0.3 is 59.2 Å². The molecule has 3 aliphatic rings. The number of aliphatic hydroxyl groups excluding tert-OH is 4. The zero-order valence-corrected chi connectivity index (χ0v) is 57.6. The quantitative estimate of drug-likeness (QED) is 0.0189. The highest BCUT2D eigenvalue weighted by Crippen LogP contribution is 2.38. The van der Waals surface area contributed by atoms with Crippen LogP contribution in [0.1, 0.15) is 88.8 Å². The first-order valence-electron chi connectivity index (χ1n) is 31.8. The van der Waals surface area contributed by atoms with E-state index in [-0.39, 0.29) is 22.3 Å². The van der Waals surface area contributed by atoms with E-state index in [4.69, 9.17) is 23.7 Å². The SMILES string of the molecule is CCOc1ccc([N+](CCS(=O)(=O)NC2C(OC3C(CO)OC(C(C)C)C(NC(C)=O)C3O)OC(CO)C(OC(C)C)C2O)=C2C=CC(=C(c3ccc(N(CC)Cc4cccc(S(=O)(=O)O)c4)cc3C)c3ccc(N(CC)Cc4cccc(S(=O)(=O)O)c4)cc3C)C=C2)cc1. The number of amides is 1. The maximum absolute atomic E-state index is 14.8. The van der Waals surface area contributed by atoms with Gasteiger partial charge in [0.1, 0.15) is 54.2 Å². The van der Waals surface area contributed by atoms with Gasteiger partial charge in [-0.2, -0.15) is 21.4 Å². The number of benzene rings is 5. The second-order valence-corrected chi connectivity index (χ2v) is 29.2. The van der Waals surface area contributed by atoms with E-state index < -0.39 is 122 Å². The van der Waals surface area contributed by atoms with Gasteiger partial charge in [-0.05, 0) is 172 Å². The van der Waals surface area contributed by atoms with Gasteiger partial charge in [-0.1, -0.05) is 50.2 Å². The third-order valence-electron chi connectivity index (χ3n) is 17.0. The zero-order valence-electron chi connectivity index (χ0n) is 55.1. The van der Waals surface area contributed by atoms with Crippen LogP contribution >= 0.6 is 0 Å². The summed E-state index contributed by atoms with van der Waals surface area (Å²) in [6.07, 6.45) is -3.75. The molecule has 1 amide bonds. The Morgan fingerprint density at radius 3 is 1.63 bits per heavy atom. The van der Waals surface area contributed by atoms with Crippen LogP contribution in [0.5, 0.6) is 5.75 Å².